The molecule has 2 rings (SSSR count). The summed E-state index contributed by atoms with van der Waals surface area (Å²) in [6.07, 6.45) is 0.844. The Hall–Kier alpha value is -1.75. The molecule has 1 aliphatic heterocycles. The first-order chi connectivity index (χ1) is 9.02. The van der Waals surface area contributed by atoms with Gasteiger partial charge < -0.3 is 20.5 Å². The molecule has 0 atom stereocenters. The molecule has 104 valence electrons. The predicted molar refractivity (Wildman–Crippen MR) is 72.6 cm³/mol. The molecule has 1 heterocycles. The molecule has 5 heteroatoms. The topological polar surface area (TPSA) is 73.6 Å². The monoisotopic (exact) mass is 264 g/mol. The number of benzene rings is 1. The predicted octanol–water partition coefficient (Wildman–Crippen LogP) is 1.31. The van der Waals surface area contributed by atoms with Crippen molar-refractivity contribution >= 4 is 5.91 Å². The zero-order valence-electron chi connectivity index (χ0n) is 11.4. The number of fused-ring (bicyclic) bond motifs is 1. The summed E-state index contributed by atoms with van der Waals surface area (Å²) in [6, 6.07) is 5.21. The molecule has 1 aromatic rings. The smallest absolute Gasteiger partial charge is 0.251 e. The molecule has 3 N–H and O–H groups in total. The summed E-state index contributed by atoms with van der Waals surface area (Å²) >= 11 is 0. The Bertz CT molecular complexity index is 472. The molecule has 5 nitrogen and oxygen atoms in total. The number of rotatable bonds is 3. The maximum Gasteiger partial charge on any atom is 0.251 e. The van der Waals surface area contributed by atoms with Gasteiger partial charge in [-0.05, 0) is 32.0 Å². The van der Waals surface area contributed by atoms with Gasteiger partial charge in [0.15, 0.2) is 11.5 Å². The van der Waals surface area contributed by atoms with Crippen LogP contribution in [0.25, 0.3) is 0 Å². The van der Waals surface area contributed by atoms with Gasteiger partial charge in [-0.15, -0.1) is 0 Å². The fraction of sp³-hybridized carbons (Fsp3) is 0.500. The van der Waals surface area contributed by atoms with Crippen LogP contribution in [0.3, 0.4) is 0 Å². The van der Waals surface area contributed by atoms with E-state index >= 15 is 0 Å². The van der Waals surface area contributed by atoms with Gasteiger partial charge in [0, 0.05) is 24.1 Å². The van der Waals surface area contributed by atoms with Crippen molar-refractivity contribution in [3.63, 3.8) is 0 Å². The molecule has 0 spiro atoms. The summed E-state index contributed by atoms with van der Waals surface area (Å²) in [5.41, 5.74) is 5.72. The van der Waals surface area contributed by atoms with Crippen molar-refractivity contribution < 1.29 is 14.3 Å². The summed E-state index contributed by atoms with van der Waals surface area (Å²) in [4.78, 5) is 12.1. The number of hydrogen-bond donors (Lipinski definition) is 2. The molecule has 0 unspecified atom stereocenters. The Balaban J connectivity index is 2.17. The van der Waals surface area contributed by atoms with Gasteiger partial charge in [0.25, 0.3) is 5.91 Å². The summed E-state index contributed by atoms with van der Waals surface area (Å²) in [6.45, 7) is 5.39. The number of hydrogen-bond acceptors (Lipinski definition) is 4. The second kappa shape index (κ2) is 5.48. The van der Waals surface area contributed by atoms with Crippen molar-refractivity contribution in [1.29, 1.82) is 0 Å². The fourth-order valence-electron chi connectivity index (χ4n) is 1.74. The zero-order valence-corrected chi connectivity index (χ0v) is 11.4. The first-order valence-corrected chi connectivity index (χ1v) is 6.44. The molecule has 0 aliphatic carbocycles. The number of nitrogens with two attached hydrogens (primary N) is 1. The summed E-state index contributed by atoms with van der Waals surface area (Å²) < 4.78 is 11.1. The number of ether oxygens (including phenoxy) is 2. The Labute approximate surface area is 113 Å². The van der Waals surface area contributed by atoms with Crippen LogP contribution in [0.4, 0.5) is 0 Å². The van der Waals surface area contributed by atoms with Crippen molar-refractivity contribution in [3.05, 3.63) is 23.8 Å². The Morgan fingerprint density at radius 2 is 2.00 bits per heavy atom. The van der Waals surface area contributed by atoms with Crippen molar-refractivity contribution in [3.8, 4) is 11.5 Å². The van der Waals surface area contributed by atoms with Gasteiger partial charge >= 0.3 is 0 Å². The van der Waals surface area contributed by atoms with E-state index in [2.05, 4.69) is 5.32 Å². The van der Waals surface area contributed by atoms with E-state index in [1.807, 2.05) is 13.8 Å². The van der Waals surface area contributed by atoms with Crippen LogP contribution in [0.1, 0.15) is 30.6 Å². The van der Waals surface area contributed by atoms with E-state index < -0.39 is 5.54 Å². The number of amides is 1. The lowest BCUT2D eigenvalue weighted by molar-refractivity contribution is 0.0915. The molecule has 1 amide bonds. The largest absolute Gasteiger partial charge is 0.490 e. The van der Waals surface area contributed by atoms with E-state index in [0.717, 1.165) is 6.42 Å². The minimum atomic E-state index is -0.429. The van der Waals surface area contributed by atoms with Crippen molar-refractivity contribution in [2.45, 2.75) is 25.8 Å². The zero-order chi connectivity index (χ0) is 13.9. The highest BCUT2D eigenvalue weighted by Crippen LogP contribution is 2.30. The van der Waals surface area contributed by atoms with Crippen LogP contribution < -0.4 is 20.5 Å². The van der Waals surface area contributed by atoms with Gasteiger partial charge in [0.05, 0.1) is 13.2 Å². The SMILES string of the molecule is CC(C)(CN)NC(=O)c1ccc2c(c1)OCCCO2. The van der Waals surface area contributed by atoms with Gasteiger partial charge in [-0.2, -0.15) is 0 Å². The maximum absolute atomic E-state index is 12.1. The molecular weight excluding hydrogens is 244 g/mol. The standard InChI is InChI=1S/C14H20N2O3/c1-14(2,9-15)16-13(17)10-4-5-11-12(8-10)19-7-3-6-18-11/h4-5,8H,3,6-7,9,15H2,1-2H3,(H,16,17). The van der Waals surface area contributed by atoms with Crippen LogP contribution in [-0.4, -0.2) is 31.2 Å². The van der Waals surface area contributed by atoms with Crippen LogP contribution in [-0.2, 0) is 0 Å². The van der Waals surface area contributed by atoms with Crippen molar-refractivity contribution in [2.75, 3.05) is 19.8 Å². The Morgan fingerprint density at radius 1 is 1.32 bits per heavy atom. The van der Waals surface area contributed by atoms with Crippen LogP contribution in [0.2, 0.25) is 0 Å². The average Bonchev–Trinajstić information content (AvgIpc) is 2.62. The maximum atomic E-state index is 12.1. The second-order valence-electron chi connectivity index (χ2n) is 5.25. The Kier molecular flexibility index (Phi) is 3.95. The Morgan fingerprint density at radius 3 is 2.68 bits per heavy atom. The molecule has 1 aliphatic rings. The summed E-state index contributed by atoms with van der Waals surface area (Å²) in [7, 11) is 0. The van der Waals surface area contributed by atoms with E-state index in [9.17, 15) is 4.79 Å². The van der Waals surface area contributed by atoms with Gasteiger partial charge in [-0.3, -0.25) is 4.79 Å². The molecule has 0 aromatic heterocycles. The van der Waals surface area contributed by atoms with E-state index in [0.29, 0.717) is 36.8 Å². The molecule has 0 fully saturated rings. The molecule has 0 saturated heterocycles. The quantitative estimate of drug-likeness (QED) is 0.863. The molecule has 0 saturated carbocycles. The summed E-state index contributed by atoms with van der Waals surface area (Å²) in [5.74, 6) is 1.15. The van der Waals surface area contributed by atoms with Crippen LogP contribution in [0, 0.1) is 0 Å². The van der Waals surface area contributed by atoms with Crippen LogP contribution in [0.15, 0.2) is 18.2 Å². The van der Waals surface area contributed by atoms with E-state index in [4.69, 9.17) is 15.2 Å². The number of carbonyl (C=O) groups excluding carboxylic acids is 1. The number of carbonyl (C=O) groups is 1. The summed E-state index contributed by atoms with van der Waals surface area (Å²) in [5, 5.41) is 2.88. The van der Waals surface area contributed by atoms with Crippen molar-refractivity contribution in [1.82, 2.24) is 5.32 Å². The first-order valence-electron chi connectivity index (χ1n) is 6.44. The molecular formula is C14H20N2O3. The van der Waals surface area contributed by atoms with Gasteiger partial charge in [0.1, 0.15) is 0 Å². The lowest BCUT2D eigenvalue weighted by Crippen LogP contribution is -2.48. The van der Waals surface area contributed by atoms with E-state index in [1.54, 1.807) is 18.2 Å². The van der Waals surface area contributed by atoms with Gasteiger partial charge in [0.2, 0.25) is 0 Å². The van der Waals surface area contributed by atoms with E-state index in [1.165, 1.54) is 0 Å². The van der Waals surface area contributed by atoms with Crippen molar-refractivity contribution in [2.24, 2.45) is 5.73 Å². The lowest BCUT2D eigenvalue weighted by atomic mass is 10.1. The third kappa shape index (κ3) is 3.38. The lowest BCUT2D eigenvalue weighted by Gasteiger charge is -2.24. The third-order valence-electron chi connectivity index (χ3n) is 2.97. The van der Waals surface area contributed by atoms with Gasteiger partial charge in [-0.1, -0.05) is 0 Å². The minimum Gasteiger partial charge on any atom is -0.490 e. The average molecular weight is 264 g/mol. The van der Waals surface area contributed by atoms with E-state index in [-0.39, 0.29) is 5.91 Å². The highest BCUT2D eigenvalue weighted by Gasteiger charge is 2.20. The first kappa shape index (κ1) is 13.7. The third-order valence-corrected chi connectivity index (χ3v) is 2.97. The second-order valence-corrected chi connectivity index (χ2v) is 5.25. The van der Waals surface area contributed by atoms with Gasteiger partial charge in [-0.25, -0.2) is 0 Å². The molecule has 0 bridgehead atoms. The molecule has 19 heavy (non-hydrogen) atoms. The highest BCUT2D eigenvalue weighted by molar-refractivity contribution is 5.95. The fourth-order valence-corrected chi connectivity index (χ4v) is 1.74. The minimum absolute atomic E-state index is 0.161. The highest BCUT2D eigenvalue weighted by atomic mass is 16.5. The van der Waals surface area contributed by atoms with Crippen LogP contribution in [0.5, 0.6) is 11.5 Å². The molecule has 1 aromatic carbocycles. The molecule has 0 radical (unpaired) electrons. The normalized spacial score (nSPS) is 14.7. The van der Waals surface area contributed by atoms with Crippen LogP contribution >= 0.6 is 0 Å². The number of nitrogens with one attached hydrogen (secondary N) is 1.